The summed E-state index contributed by atoms with van der Waals surface area (Å²) in [4.78, 5) is 17.0. The van der Waals surface area contributed by atoms with Crippen LogP contribution in [0, 0.1) is 0 Å². The van der Waals surface area contributed by atoms with Gasteiger partial charge in [0.25, 0.3) is 0 Å². The van der Waals surface area contributed by atoms with Crippen LogP contribution in [-0.2, 0) is 22.6 Å². The Labute approximate surface area is 177 Å². The van der Waals surface area contributed by atoms with Gasteiger partial charge in [0.05, 0.1) is 26.3 Å². The number of likely N-dealkylation sites (tertiary alicyclic amines) is 1. The van der Waals surface area contributed by atoms with Gasteiger partial charge in [-0.1, -0.05) is 30.3 Å². The molecule has 2 aliphatic rings. The lowest BCUT2D eigenvalue weighted by Crippen LogP contribution is -2.36. The Kier molecular flexibility index (Phi) is 7.39. The number of benzene rings is 1. The highest BCUT2D eigenvalue weighted by Crippen LogP contribution is 2.26. The average molecular weight is 414 g/mol. The average Bonchev–Trinajstić information content (AvgIpc) is 3.43. The summed E-state index contributed by atoms with van der Waals surface area (Å²) in [5.74, 6) is 1.45. The number of hydrogen-bond acceptors (Lipinski definition) is 7. The third kappa shape index (κ3) is 5.84. The summed E-state index contributed by atoms with van der Waals surface area (Å²) in [5, 5.41) is 15.0. The molecule has 9 nitrogen and oxygen atoms in total. The van der Waals surface area contributed by atoms with Crippen molar-refractivity contribution in [2.75, 3.05) is 52.5 Å². The maximum atomic E-state index is 12.3. The van der Waals surface area contributed by atoms with Crippen LogP contribution in [0.15, 0.2) is 30.3 Å². The lowest BCUT2D eigenvalue weighted by molar-refractivity contribution is -0.121. The van der Waals surface area contributed by atoms with Crippen molar-refractivity contribution in [3.8, 4) is 0 Å². The van der Waals surface area contributed by atoms with Gasteiger partial charge in [-0.3, -0.25) is 9.69 Å². The van der Waals surface area contributed by atoms with Gasteiger partial charge >= 0.3 is 0 Å². The topological polar surface area (TPSA) is 88.4 Å². The predicted molar refractivity (Wildman–Crippen MR) is 112 cm³/mol. The van der Waals surface area contributed by atoms with Crippen molar-refractivity contribution in [2.24, 2.45) is 0 Å². The summed E-state index contributed by atoms with van der Waals surface area (Å²) < 4.78 is 7.11. The van der Waals surface area contributed by atoms with E-state index in [4.69, 9.17) is 4.74 Å². The SMILES string of the molecule is O=C(CCn1nnnc1CN1CCOCC1)NCCN1CC[C@H](c2ccccc2)C1. The molecule has 0 saturated carbocycles. The van der Waals surface area contributed by atoms with Crippen LogP contribution in [0.2, 0.25) is 0 Å². The number of aryl methyl sites for hydroxylation is 1. The van der Waals surface area contributed by atoms with Crippen molar-refractivity contribution in [3.05, 3.63) is 41.7 Å². The van der Waals surface area contributed by atoms with E-state index in [-0.39, 0.29) is 5.91 Å². The van der Waals surface area contributed by atoms with Crippen LogP contribution >= 0.6 is 0 Å². The number of amides is 1. The van der Waals surface area contributed by atoms with Crippen LogP contribution in [0.1, 0.15) is 30.1 Å². The van der Waals surface area contributed by atoms with Gasteiger partial charge in [-0.05, 0) is 34.9 Å². The van der Waals surface area contributed by atoms with E-state index in [2.05, 4.69) is 61.0 Å². The number of ether oxygens (including phenoxy) is 1. The monoisotopic (exact) mass is 413 g/mol. The predicted octanol–water partition coefficient (Wildman–Crippen LogP) is 0.501. The van der Waals surface area contributed by atoms with Crippen molar-refractivity contribution in [1.29, 1.82) is 0 Å². The second kappa shape index (κ2) is 10.6. The van der Waals surface area contributed by atoms with Crippen LogP contribution < -0.4 is 5.32 Å². The lowest BCUT2D eigenvalue weighted by Gasteiger charge is -2.25. The van der Waals surface area contributed by atoms with E-state index in [1.165, 1.54) is 12.0 Å². The molecule has 3 heterocycles. The second-order valence-corrected chi connectivity index (χ2v) is 8.00. The standard InChI is InChI=1S/C21H31N7O2/c29-21(7-10-28-20(23-24-25-28)17-27-12-14-30-15-13-27)22-8-11-26-9-6-19(16-26)18-4-2-1-3-5-18/h1-5,19H,6-17H2,(H,22,29)/t19-/m0/s1. The zero-order chi connectivity index (χ0) is 20.6. The van der Waals surface area contributed by atoms with Crippen LogP contribution in [0.25, 0.3) is 0 Å². The van der Waals surface area contributed by atoms with E-state index in [0.29, 0.717) is 32.0 Å². The molecule has 0 unspecified atom stereocenters. The van der Waals surface area contributed by atoms with E-state index in [9.17, 15) is 4.79 Å². The molecule has 0 aliphatic carbocycles. The molecule has 2 saturated heterocycles. The summed E-state index contributed by atoms with van der Waals surface area (Å²) in [6, 6.07) is 10.7. The summed E-state index contributed by atoms with van der Waals surface area (Å²) in [5.41, 5.74) is 1.42. The molecule has 1 aromatic carbocycles. The minimum absolute atomic E-state index is 0.0432. The van der Waals surface area contributed by atoms with Gasteiger partial charge in [-0.15, -0.1) is 5.10 Å². The van der Waals surface area contributed by atoms with Gasteiger partial charge < -0.3 is 15.0 Å². The quantitative estimate of drug-likeness (QED) is 0.640. The normalized spacial score (nSPS) is 20.5. The van der Waals surface area contributed by atoms with E-state index >= 15 is 0 Å². The van der Waals surface area contributed by atoms with Crippen LogP contribution in [-0.4, -0.2) is 88.4 Å². The van der Waals surface area contributed by atoms with Crippen molar-refractivity contribution in [2.45, 2.75) is 31.8 Å². The summed E-state index contributed by atoms with van der Waals surface area (Å²) in [7, 11) is 0. The Morgan fingerprint density at radius 2 is 1.93 bits per heavy atom. The second-order valence-electron chi connectivity index (χ2n) is 8.00. The Balaban J connectivity index is 1.14. The molecule has 1 amide bonds. The molecule has 0 spiro atoms. The number of carbonyl (C=O) groups excluding carboxylic acids is 1. The minimum Gasteiger partial charge on any atom is -0.379 e. The van der Waals surface area contributed by atoms with Gasteiger partial charge in [0.15, 0.2) is 5.82 Å². The van der Waals surface area contributed by atoms with E-state index in [1.54, 1.807) is 4.68 Å². The maximum absolute atomic E-state index is 12.3. The minimum atomic E-state index is 0.0432. The molecular formula is C21H31N7O2. The van der Waals surface area contributed by atoms with Crippen molar-refractivity contribution < 1.29 is 9.53 Å². The molecule has 9 heteroatoms. The fraction of sp³-hybridized carbons (Fsp3) is 0.619. The Morgan fingerprint density at radius 3 is 2.77 bits per heavy atom. The first-order chi connectivity index (χ1) is 14.8. The number of hydrogen-bond donors (Lipinski definition) is 1. The first-order valence-corrected chi connectivity index (χ1v) is 10.9. The zero-order valence-corrected chi connectivity index (χ0v) is 17.4. The zero-order valence-electron chi connectivity index (χ0n) is 17.4. The van der Waals surface area contributed by atoms with Gasteiger partial charge in [-0.2, -0.15) is 0 Å². The number of nitrogens with one attached hydrogen (secondary N) is 1. The molecule has 0 bridgehead atoms. The first-order valence-electron chi connectivity index (χ1n) is 10.9. The molecule has 162 valence electrons. The lowest BCUT2D eigenvalue weighted by atomic mass is 9.99. The molecule has 1 atom stereocenters. The van der Waals surface area contributed by atoms with Gasteiger partial charge in [-0.25, -0.2) is 4.68 Å². The number of nitrogens with zero attached hydrogens (tertiary/aromatic N) is 6. The smallest absolute Gasteiger partial charge is 0.221 e. The molecule has 2 aromatic rings. The summed E-state index contributed by atoms with van der Waals surface area (Å²) in [6.45, 7) is 8.16. The van der Waals surface area contributed by atoms with E-state index < -0.39 is 0 Å². The molecule has 1 aromatic heterocycles. The van der Waals surface area contributed by atoms with Crippen molar-refractivity contribution in [1.82, 2.24) is 35.3 Å². The van der Waals surface area contributed by atoms with Crippen LogP contribution in [0.3, 0.4) is 0 Å². The third-order valence-corrected chi connectivity index (χ3v) is 5.92. The fourth-order valence-corrected chi connectivity index (χ4v) is 4.15. The molecule has 4 rings (SSSR count). The number of tetrazole rings is 1. The molecular weight excluding hydrogens is 382 g/mol. The Morgan fingerprint density at radius 1 is 1.10 bits per heavy atom. The van der Waals surface area contributed by atoms with Crippen molar-refractivity contribution >= 4 is 5.91 Å². The number of carbonyl (C=O) groups is 1. The van der Waals surface area contributed by atoms with E-state index in [0.717, 1.165) is 51.8 Å². The highest BCUT2D eigenvalue weighted by Gasteiger charge is 2.23. The van der Waals surface area contributed by atoms with Gasteiger partial charge in [0.2, 0.25) is 5.91 Å². The fourth-order valence-electron chi connectivity index (χ4n) is 4.15. The highest BCUT2D eigenvalue weighted by atomic mass is 16.5. The number of morpholine rings is 1. The molecule has 2 fully saturated rings. The largest absolute Gasteiger partial charge is 0.379 e. The summed E-state index contributed by atoms with van der Waals surface area (Å²) >= 11 is 0. The Bertz CT molecular complexity index is 792. The molecule has 0 radical (unpaired) electrons. The number of aromatic nitrogens is 4. The first kappa shape index (κ1) is 20.9. The van der Waals surface area contributed by atoms with E-state index in [1.807, 2.05) is 0 Å². The maximum Gasteiger partial charge on any atom is 0.221 e. The van der Waals surface area contributed by atoms with Gasteiger partial charge in [0.1, 0.15) is 0 Å². The molecule has 1 N–H and O–H groups in total. The Hall–Kier alpha value is -2.36. The molecule has 2 aliphatic heterocycles. The molecule has 30 heavy (non-hydrogen) atoms. The van der Waals surface area contributed by atoms with Crippen molar-refractivity contribution in [3.63, 3.8) is 0 Å². The number of rotatable bonds is 9. The van der Waals surface area contributed by atoms with Gasteiger partial charge in [0, 0.05) is 39.1 Å². The van der Waals surface area contributed by atoms with Crippen LogP contribution in [0.5, 0.6) is 0 Å². The third-order valence-electron chi connectivity index (χ3n) is 5.92. The summed E-state index contributed by atoms with van der Waals surface area (Å²) in [6.07, 6.45) is 1.57. The highest BCUT2D eigenvalue weighted by molar-refractivity contribution is 5.75. The van der Waals surface area contributed by atoms with Crippen LogP contribution in [0.4, 0.5) is 0 Å².